The predicted octanol–water partition coefficient (Wildman–Crippen LogP) is 4.62. The highest BCUT2D eigenvalue weighted by atomic mass is 16.5. The van der Waals surface area contributed by atoms with E-state index in [0.29, 0.717) is 23.6 Å². The fourth-order valence-corrected chi connectivity index (χ4v) is 3.25. The lowest BCUT2D eigenvalue weighted by molar-refractivity contribution is -0.118. The Labute approximate surface area is 175 Å². The summed E-state index contributed by atoms with van der Waals surface area (Å²) < 4.78 is 11.3. The van der Waals surface area contributed by atoms with Gasteiger partial charge in [-0.2, -0.15) is 0 Å². The summed E-state index contributed by atoms with van der Waals surface area (Å²) in [6, 6.07) is 23.8. The van der Waals surface area contributed by atoms with E-state index in [1.807, 2.05) is 54.6 Å². The first kappa shape index (κ1) is 19.5. The van der Waals surface area contributed by atoms with E-state index in [1.54, 1.807) is 29.2 Å². The van der Waals surface area contributed by atoms with E-state index in [2.05, 4.69) is 5.32 Å². The first-order valence-corrected chi connectivity index (χ1v) is 9.83. The number of para-hydroxylation sites is 1. The van der Waals surface area contributed by atoms with E-state index in [1.165, 1.54) is 0 Å². The molecule has 1 aliphatic rings. The third-order valence-corrected chi connectivity index (χ3v) is 4.69. The molecule has 0 spiro atoms. The van der Waals surface area contributed by atoms with Gasteiger partial charge in [0.25, 0.3) is 5.91 Å². The highest BCUT2D eigenvalue weighted by Crippen LogP contribution is 2.25. The molecule has 1 heterocycles. The monoisotopic (exact) mass is 402 g/mol. The largest absolute Gasteiger partial charge is 0.484 e. The van der Waals surface area contributed by atoms with Gasteiger partial charge in [-0.25, -0.2) is 0 Å². The third kappa shape index (κ3) is 4.97. The van der Waals surface area contributed by atoms with Crippen molar-refractivity contribution in [2.24, 2.45) is 0 Å². The molecule has 6 nitrogen and oxygen atoms in total. The number of amides is 2. The van der Waals surface area contributed by atoms with Crippen molar-refractivity contribution in [1.82, 2.24) is 0 Å². The van der Waals surface area contributed by atoms with Gasteiger partial charge in [0.2, 0.25) is 5.91 Å². The van der Waals surface area contributed by atoms with Crippen LogP contribution in [0.25, 0.3) is 0 Å². The van der Waals surface area contributed by atoms with Crippen LogP contribution in [0, 0.1) is 0 Å². The van der Waals surface area contributed by atoms with E-state index in [9.17, 15) is 9.59 Å². The summed E-state index contributed by atoms with van der Waals surface area (Å²) in [6.07, 6.45) is 1.48. The normalized spacial score (nSPS) is 13.2. The van der Waals surface area contributed by atoms with Crippen LogP contribution in [-0.2, 0) is 9.59 Å². The number of rotatable bonds is 7. The minimum atomic E-state index is -0.273. The van der Waals surface area contributed by atoms with Gasteiger partial charge in [-0.3, -0.25) is 9.59 Å². The highest BCUT2D eigenvalue weighted by molar-refractivity contribution is 5.95. The zero-order chi connectivity index (χ0) is 20.8. The van der Waals surface area contributed by atoms with Gasteiger partial charge in [-0.1, -0.05) is 24.3 Å². The van der Waals surface area contributed by atoms with Gasteiger partial charge in [0.15, 0.2) is 6.61 Å². The van der Waals surface area contributed by atoms with Crippen molar-refractivity contribution in [2.45, 2.75) is 12.8 Å². The number of nitrogens with zero attached hydrogens (tertiary/aromatic N) is 1. The molecule has 0 atom stereocenters. The summed E-state index contributed by atoms with van der Waals surface area (Å²) in [5.74, 6) is 1.80. The second-order valence-electron chi connectivity index (χ2n) is 6.92. The molecule has 4 rings (SSSR count). The summed E-state index contributed by atoms with van der Waals surface area (Å²) in [5, 5.41) is 2.80. The standard InChI is InChI=1S/C24H22N2O4/c27-23(17-29-20-13-11-19(12-14-20)26-15-5-10-24(26)28)25-18-6-4-9-22(16-18)30-21-7-2-1-3-8-21/h1-4,6-9,11-14,16H,5,10,15,17H2,(H,25,27). The number of benzene rings is 3. The Bertz CT molecular complexity index is 1020. The summed E-state index contributed by atoms with van der Waals surface area (Å²) in [7, 11) is 0. The first-order valence-electron chi connectivity index (χ1n) is 9.83. The van der Waals surface area contributed by atoms with Crippen LogP contribution in [0.2, 0.25) is 0 Å². The molecule has 0 radical (unpaired) electrons. The highest BCUT2D eigenvalue weighted by Gasteiger charge is 2.21. The molecule has 6 heteroatoms. The van der Waals surface area contributed by atoms with Crippen LogP contribution in [0.5, 0.6) is 17.2 Å². The van der Waals surface area contributed by atoms with Gasteiger partial charge < -0.3 is 19.7 Å². The minimum absolute atomic E-state index is 0.119. The molecule has 30 heavy (non-hydrogen) atoms. The molecule has 1 fully saturated rings. The molecule has 152 valence electrons. The molecule has 0 aliphatic carbocycles. The number of carbonyl (C=O) groups is 2. The predicted molar refractivity (Wildman–Crippen MR) is 115 cm³/mol. The van der Waals surface area contributed by atoms with Crippen LogP contribution in [0.1, 0.15) is 12.8 Å². The number of hydrogen-bond acceptors (Lipinski definition) is 4. The van der Waals surface area contributed by atoms with E-state index in [4.69, 9.17) is 9.47 Å². The van der Waals surface area contributed by atoms with Crippen molar-refractivity contribution < 1.29 is 19.1 Å². The molecule has 1 N–H and O–H groups in total. The van der Waals surface area contributed by atoms with Gasteiger partial charge in [0.05, 0.1) is 0 Å². The third-order valence-electron chi connectivity index (χ3n) is 4.69. The molecular formula is C24H22N2O4. The molecular weight excluding hydrogens is 380 g/mol. The topological polar surface area (TPSA) is 67.9 Å². The van der Waals surface area contributed by atoms with Crippen LogP contribution in [-0.4, -0.2) is 25.0 Å². The summed E-state index contributed by atoms with van der Waals surface area (Å²) >= 11 is 0. The molecule has 3 aromatic carbocycles. The Hall–Kier alpha value is -3.80. The van der Waals surface area contributed by atoms with Crippen molar-refractivity contribution >= 4 is 23.2 Å². The summed E-state index contributed by atoms with van der Waals surface area (Å²) in [5.41, 5.74) is 1.48. The van der Waals surface area contributed by atoms with E-state index < -0.39 is 0 Å². The zero-order valence-electron chi connectivity index (χ0n) is 16.4. The Kier molecular flexibility index (Phi) is 5.94. The summed E-state index contributed by atoms with van der Waals surface area (Å²) in [4.78, 5) is 25.8. The minimum Gasteiger partial charge on any atom is -0.484 e. The van der Waals surface area contributed by atoms with Crippen LogP contribution in [0.4, 0.5) is 11.4 Å². The molecule has 0 unspecified atom stereocenters. The number of nitrogens with one attached hydrogen (secondary N) is 1. The smallest absolute Gasteiger partial charge is 0.262 e. The number of anilines is 2. The van der Waals surface area contributed by atoms with Crippen molar-refractivity contribution in [3.63, 3.8) is 0 Å². The zero-order valence-corrected chi connectivity index (χ0v) is 16.4. The first-order chi connectivity index (χ1) is 14.7. The number of hydrogen-bond donors (Lipinski definition) is 1. The molecule has 0 bridgehead atoms. The molecule has 3 aromatic rings. The van der Waals surface area contributed by atoms with Crippen LogP contribution in [0.15, 0.2) is 78.9 Å². The van der Waals surface area contributed by atoms with Gasteiger partial charge in [0.1, 0.15) is 17.2 Å². The molecule has 1 aliphatic heterocycles. The van der Waals surface area contributed by atoms with E-state index >= 15 is 0 Å². The lowest BCUT2D eigenvalue weighted by atomic mass is 10.3. The van der Waals surface area contributed by atoms with Gasteiger partial charge in [-0.15, -0.1) is 0 Å². The number of carbonyl (C=O) groups excluding carboxylic acids is 2. The van der Waals surface area contributed by atoms with Crippen molar-refractivity contribution in [1.29, 1.82) is 0 Å². The molecule has 0 aromatic heterocycles. The SMILES string of the molecule is O=C(COc1ccc(N2CCCC2=O)cc1)Nc1cccc(Oc2ccccc2)c1. The molecule has 2 amide bonds. The number of ether oxygens (including phenoxy) is 2. The quantitative estimate of drug-likeness (QED) is 0.626. The Balaban J connectivity index is 1.29. The summed E-state index contributed by atoms with van der Waals surface area (Å²) in [6.45, 7) is 0.625. The van der Waals surface area contributed by atoms with Crippen LogP contribution in [0.3, 0.4) is 0 Å². The second-order valence-corrected chi connectivity index (χ2v) is 6.92. The van der Waals surface area contributed by atoms with Gasteiger partial charge in [-0.05, 0) is 55.0 Å². The van der Waals surface area contributed by atoms with E-state index in [-0.39, 0.29) is 18.4 Å². The van der Waals surface area contributed by atoms with Crippen molar-refractivity contribution in [3.05, 3.63) is 78.9 Å². The maximum Gasteiger partial charge on any atom is 0.262 e. The van der Waals surface area contributed by atoms with E-state index in [0.717, 1.165) is 24.4 Å². The lowest BCUT2D eigenvalue weighted by Crippen LogP contribution is -2.23. The van der Waals surface area contributed by atoms with Crippen LogP contribution < -0.4 is 19.7 Å². The van der Waals surface area contributed by atoms with Gasteiger partial charge >= 0.3 is 0 Å². The maximum absolute atomic E-state index is 12.2. The molecule has 1 saturated heterocycles. The Morgan fingerprint density at radius 3 is 2.40 bits per heavy atom. The maximum atomic E-state index is 12.2. The Morgan fingerprint density at radius 2 is 1.67 bits per heavy atom. The average molecular weight is 402 g/mol. The molecule has 0 saturated carbocycles. The van der Waals surface area contributed by atoms with Crippen LogP contribution >= 0.6 is 0 Å². The fraction of sp³-hybridized carbons (Fsp3) is 0.167. The lowest BCUT2D eigenvalue weighted by Gasteiger charge is -2.16. The average Bonchev–Trinajstić information content (AvgIpc) is 3.19. The fourth-order valence-electron chi connectivity index (χ4n) is 3.25. The van der Waals surface area contributed by atoms with Crippen molar-refractivity contribution in [3.8, 4) is 17.2 Å². The van der Waals surface area contributed by atoms with Gasteiger partial charge in [0, 0.05) is 30.4 Å². The van der Waals surface area contributed by atoms with Crippen molar-refractivity contribution in [2.75, 3.05) is 23.4 Å². The second kappa shape index (κ2) is 9.13. The Morgan fingerprint density at radius 1 is 0.900 bits per heavy atom.